The van der Waals surface area contributed by atoms with Gasteiger partial charge >= 0.3 is 5.97 Å². The number of carbonyl (C=O) groups is 1. The van der Waals surface area contributed by atoms with Gasteiger partial charge in [-0.05, 0) is 31.3 Å². The van der Waals surface area contributed by atoms with Crippen LogP contribution in [0.3, 0.4) is 0 Å². The smallest absolute Gasteiger partial charge is 0.315 e. The van der Waals surface area contributed by atoms with E-state index in [2.05, 4.69) is 6.58 Å². The number of rotatable bonds is 2. The summed E-state index contributed by atoms with van der Waals surface area (Å²) in [5, 5.41) is 9.19. The highest BCUT2D eigenvalue weighted by atomic mass is 32.2. The van der Waals surface area contributed by atoms with Crippen molar-refractivity contribution in [3.05, 3.63) is 12.2 Å². The molecule has 0 radical (unpaired) electrons. The molecular weight excluding hydrogens is 216 g/mol. The Balaban J connectivity index is 3.44. The molecule has 5 heteroatoms. The average Bonchev–Trinajstić information content (AvgIpc) is 2.16. The molecule has 0 aromatic rings. The first-order valence-electron chi connectivity index (χ1n) is 4.84. The van der Waals surface area contributed by atoms with Gasteiger partial charge in [0, 0.05) is 0 Å². The Bertz CT molecular complexity index is 424. The molecule has 15 heavy (non-hydrogen) atoms. The molecule has 0 amide bonds. The SMILES string of the molecule is C=C1CCCC(CC)(C(=O)O)C1=S(=O)=O. The molecule has 0 aliphatic heterocycles. The Morgan fingerprint density at radius 3 is 2.53 bits per heavy atom. The van der Waals surface area contributed by atoms with Gasteiger partial charge < -0.3 is 5.11 Å². The van der Waals surface area contributed by atoms with Crippen molar-refractivity contribution in [1.82, 2.24) is 0 Å². The fourth-order valence-electron chi connectivity index (χ4n) is 2.14. The van der Waals surface area contributed by atoms with E-state index in [9.17, 15) is 18.3 Å². The summed E-state index contributed by atoms with van der Waals surface area (Å²) in [5.74, 6) is -1.06. The summed E-state index contributed by atoms with van der Waals surface area (Å²) in [6, 6.07) is 0. The van der Waals surface area contributed by atoms with Crippen molar-refractivity contribution < 1.29 is 18.3 Å². The molecule has 0 heterocycles. The second-order valence-corrected chi connectivity index (χ2v) is 4.64. The maximum Gasteiger partial charge on any atom is 0.315 e. The average molecular weight is 230 g/mol. The molecule has 84 valence electrons. The zero-order chi connectivity index (χ0) is 11.6. The lowest BCUT2D eigenvalue weighted by Crippen LogP contribution is -2.42. The summed E-state index contributed by atoms with van der Waals surface area (Å²) in [7, 11) is -2.49. The van der Waals surface area contributed by atoms with Crippen LogP contribution in [0.4, 0.5) is 0 Å². The van der Waals surface area contributed by atoms with Crippen LogP contribution in [0.2, 0.25) is 0 Å². The third-order valence-electron chi connectivity index (χ3n) is 3.02. The van der Waals surface area contributed by atoms with Crippen LogP contribution in [0.15, 0.2) is 12.2 Å². The van der Waals surface area contributed by atoms with Gasteiger partial charge in [0.15, 0.2) is 0 Å². The van der Waals surface area contributed by atoms with E-state index in [1.165, 1.54) is 0 Å². The highest BCUT2D eigenvalue weighted by Crippen LogP contribution is 2.38. The maximum absolute atomic E-state index is 11.2. The normalized spacial score (nSPS) is 26.5. The van der Waals surface area contributed by atoms with Crippen LogP contribution < -0.4 is 0 Å². The van der Waals surface area contributed by atoms with Crippen LogP contribution in [0.5, 0.6) is 0 Å². The fourth-order valence-corrected chi connectivity index (χ4v) is 3.13. The Morgan fingerprint density at radius 1 is 1.60 bits per heavy atom. The van der Waals surface area contributed by atoms with Gasteiger partial charge in [-0.3, -0.25) is 4.79 Å². The van der Waals surface area contributed by atoms with Gasteiger partial charge in [-0.25, -0.2) is 0 Å². The number of hydrogen-bond acceptors (Lipinski definition) is 3. The molecule has 0 aromatic heterocycles. The van der Waals surface area contributed by atoms with E-state index in [-0.39, 0.29) is 11.3 Å². The summed E-state index contributed by atoms with van der Waals surface area (Å²) in [6.45, 7) is 5.34. The minimum absolute atomic E-state index is 0.0104. The largest absolute Gasteiger partial charge is 0.481 e. The first-order valence-corrected chi connectivity index (χ1v) is 5.91. The molecule has 1 atom stereocenters. The lowest BCUT2D eigenvalue weighted by atomic mass is 9.70. The summed E-state index contributed by atoms with van der Waals surface area (Å²) >= 11 is 0. The van der Waals surface area contributed by atoms with Gasteiger partial charge in [-0.1, -0.05) is 13.5 Å². The van der Waals surface area contributed by atoms with E-state index in [0.29, 0.717) is 24.8 Å². The van der Waals surface area contributed by atoms with Gasteiger partial charge in [-0.15, -0.1) is 0 Å². The van der Waals surface area contributed by atoms with Crippen molar-refractivity contribution in [3.63, 3.8) is 0 Å². The van der Waals surface area contributed by atoms with E-state index in [1.807, 2.05) is 0 Å². The van der Waals surface area contributed by atoms with Crippen molar-refractivity contribution in [2.24, 2.45) is 5.41 Å². The predicted octanol–water partition coefficient (Wildman–Crippen LogP) is 1.26. The molecule has 1 unspecified atom stereocenters. The topological polar surface area (TPSA) is 71.4 Å². The highest BCUT2D eigenvalue weighted by molar-refractivity contribution is 7.73. The summed E-state index contributed by atoms with van der Waals surface area (Å²) < 4.78 is 22.2. The molecule has 1 aliphatic carbocycles. The van der Waals surface area contributed by atoms with Crippen LogP contribution >= 0.6 is 0 Å². The van der Waals surface area contributed by atoms with Gasteiger partial charge in [0.1, 0.15) is 5.41 Å². The van der Waals surface area contributed by atoms with Gasteiger partial charge in [0.05, 0.1) is 4.86 Å². The fraction of sp³-hybridized carbons (Fsp3) is 0.600. The van der Waals surface area contributed by atoms with E-state index in [0.717, 1.165) is 0 Å². The lowest BCUT2D eigenvalue weighted by molar-refractivity contribution is -0.145. The summed E-state index contributed by atoms with van der Waals surface area (Å²) in [4.78, 5) is 11.2. The van der Waals surface area contributed by atoms with E-state index in [4.69, 9.17) is 0 Å². The number of carboxylic acids is 1. The van der Waals surface area contributed by atoms with Gasteiger partial charge in [0.25, 0.3) is 0 Å². The molecule has 0 saturated heterocycles. The van der Waals surface area contributed by atoms with Gasteiger partial charge in [-0.2, -0.15) is 8.42 Å². The van der Waals surface area contributed by atoms with Crippen molar-refractivity contribution in [2.75, 3.05) is 0 Å². The minimum Gasteiger partial charge on any atom is -0.481 e. The Hall–Kier alpha value is -1.10. The van der Waals surface area contributed by atoms with Crippen LogP contribution in [-0.4, -0.2) is 24.4 Å². The number of carboxylic acid groups (broad SMARTS) is 1. The highest BCUT2D eigenvalue weighted by Gasteiger charge is 2.45. The minimum atomic E-state index is -2.49. The molecule has 1 rings (SSSR count). The van der Waals surface area contributed by atoms with Gasteiger partial charge in [0.2, 0.25) is 10.3 Å². The van der Waals surface area contributed by atoms with Crippen molar-refractivity contribution in [2.45, 2.75) is 32.6 Å². The molecule has 1 fully saturated rings. The molecule has 0 aromatic carbocycles. The molecule has 1 N–H and O–H groups in total. The maximum atomic E-state index is 11.2. The molecule has 4 nitrogen and oxygen atoms in total. The Morgan fingerprint density at radius 2 is 2.20 bits per heavy atom. The van der Waals surface area contributed by atoms with Crippen LogP contribution in [0, 0.1) is 5.41 Å². The Kier molecular flexibility index (Phi) is 3.34. The van der Waals surface area contributed by atoms with E-state index < -0.39 is 21.7 Å². The van der Waals surface area contributed by atoms with Crippen molar-refractivity contribution >= 4 is 21.1 Å². The van der Waals surface area contributed by atoms with E-state index >= 15 is 0 Å². The second-order valence-electron chi connectivity index (χ2n) is 3.76. The lowest BCUT2D eigenvalue weighted by Gasteiger charge is -2.33. The van der Waals surface area contributed by atoms with Crippen LogP contribution in [0.25, 0.3) is 0 Å². The first-order chi connectivity index (χ1) is 6.95. The molecule has 0 spiro atoms. The summed E-state index contributed by atoms with van der Waals surface area (Å²) in [6.07, 6.45) is 1.91. The second kappa shape index (κ2) is 4.18. The third kappa shape index (κ3) is 1.84. The molecule has 1 aliphatic rings. The standard InChI is InChI=1S/C10H14O4S/c1-3-10(9(11)12)6-4-5-7(2)8(10)15(13)14/h2-6H2,1H3,(H,11,12). The number of aliphatic carboxylic acids is 1. The van der Waals surface area contributed by atoms with Crippen LogP contribution in [0.1, 0.15) is 32.6 Å². The number of hydrogen-bond donors (Lipinski definition) is 1. The molecule has 1 saturated carbocycles. The third-order valence-corrected chi connectivity index (χ3v) is 4.03. The first kappa shape index (κ1) is 12.0. The van der Waals surface area contributed by atoms with Crippen molar-refractivity contribution in [3.8, 4) is 0 Å². The van der Waals surface area contributed by atoms with Crippen molar-refractivity contribution in [1.29, 1.82) is 0 Å². The molecule has 0 bridgehead atoms. The monoisotopic (exact) mass is 230 g/mol. The Labute approximate surface area is 90.1 Å². The van der Waals surface area contributed by atoms with Crippen LogP contribution in [-0.2, 0) is 15.1 Å². The quantitative estimate of drug-likeness (QED) is 0.572. The molecular formula is C10H14O4S. The predicted molar refractivity (Wildman–Crippen MR) is 57.3 cm³/mol. The van der Waals surface area contributed by atoms with E-state index in [1.54, 1.807) is 6.92 Å². The zero-order valence-corrected chi connectivity index (χ0v) is 9.43. The number of allylic oxidation sites excluding steroid dienone is 1. The zero-order valence-electron chi connectivity index (χ0n) is 8.62. The summed E-state index contributed by atoms with van der Waals surface area (Å²) in [5.41, 5.74) is -0.805.